The van der Waals surface area contributed by atoms with Crippen molar-refractivity contribution >= 4 is 54.8 Å². The van der Waals surface area contributed by atoms with Gasteiger partial charge in [-0.3, -0.25) is 14.2 Å². The average molecular weight is 531 g/mol. The van der Waals surface area contributed by atoms with Crippen molar-refractivity contribution in [3.63, 3.8) is 0 Å². The molecular weight excluding hydrogens is 508 g/mol. The lowest BCUT2D eigenvalue weighted by Crippen LogP contribution is -2.33. The van der Waals surface area contributed by atoms with Gasteiger partial charge in [-0.05, 0) is 48.4 Å². The monoisotopic (exact) mass is 530 g/mol. The molecule has 1 N–H and O–H groups in total. The molecule has 1 atom stereocenters. The fraction of sp³-hybridized carbons (Fsp3) is 0.208. The van der Waals surface area contributed by atoms with Crippen molar-refractivity contribution in [1.29, 1.82) is 0 Å². The molecule has 0 aliphatic carbocycles. The Bertz CT molecular complexity index is 1540. The van der Waals surface area contributed by atoms with Crippen molar-refractivity contribution < 1.29 is 13.2 Å². The maximum atomic E-state index is 13.5. The third kappa shape index (κ3) is 4.87. The first-order valence-electron chi connectivity index (χ1n) is 10.7. The largest absolute Gasteiger partial charge is 0.324 e. The summed E-state index contributed by atoms with van der Waals surface area (Å²) in [7, 11) is -0.676. The first-order chi connectivity index (χ1) is 16.6. The second-order valence-electron chi connectivity index (χ2n) is 8.02. The summed E-state index contributed by atoms with van der Waals surface area (Å²) < 4.78 is 27.0. The maximum Gasteiger partial charge on any atom is 0.263 e. The van der Waals surface area contributed by atoms with E-state index in [2.05, 4.69) is 10.3 Å². The van der Waals surface area contributed by atoms with Gasteiger partial charge in [0.25, 0.3) is 5.56 Å². The zero-order valence-electron chi connectivity index (χ0n) is 19.2. The van der Waals surface area contributed by atoms with Crippen LogP contribution in [-0.4, -0.2) is 42.3 Å². The number of fused-ring (bicyclic) bond motifs is 1. The molecule has 11 heteroatoms. The van der Waals surface area contributed by atoms with E-state index in [9.17, 15) is 18.0 Å². The van der Waals surface area contributed by atoms with Crippen molar-refractivity contribution in [2.45, 2.75) is 24.3 Å². The molecule has 2 heterocycles. The van der Waals surface area contributed by atoms with E-state index in [-0.39, 0.29) is 10.5 Å². The van der Waals surface area contributed by atoms with Crippen LogP contribution in [0.2, 0.25) is 5.02 Å². The van der Waals surface area contributed by atoms with E-state index in [0.717, 1.165) is 15.4 Å². The van der Waals surface area contributed by atoms with Crippen molar-refractivity contribution in [2.75, 3.05) is 19.4 Å². The minimum absolute atomic E-state index is 0.116. The van der Waals surface area contributed by atoms with Crippen LogP contribution in [-0.2, 0) is 14.8 Å². The first kappa shape index (κ1) is 25.1. The SMILES string of the molecule is CCC(C(=O)Nc1ccc(S(=O)(=O)N(C)C)cc1)n1cnc2scc(-c3ccc(Cl)cc3)c2c1=O. The molecule has 1 amide bonds. The van der Waals surface area contributed by atoms with Crippen molar-refractivity contribution in [1.82, 2.24) is 13.9 Å². The third-order valence-corrected chi connectivity index (χ3v) is 8.57. The molecule has 4 rings (SSSR count). The minimum atomic E-state index is -3.58. The number of thiophene rings is 1. The van der Waals surface area contributed by atoms with Gasteiger partial charge in [0.1, 0.15) is 10.9 Å². The highest BCUT2D eigenvalue weighted by atomic mass is 35.5. The summed E-state index contributed by atoms with van der Waals surface area (Å²) >= 11 is 7.36. The lowest BCUT2D eigenvalue weighted by Gasteiger charge is -2.18. The van der Waals surface area contributed by atoms with Gasteiger partial charge in [0.05, 0.1) is 16.6 Å². The van der Waals surface area contributed by atoms with E-state index in [4.69, 9.17) is 11.6 Å². The van der Waals surface area contributed by atoms with Crippen molar-refractivity contribution in [3.05, 3.63) is 75.6 Å². The van der Waals surface area contributed by atoms with Gasteiger partial charge < -0.3 is 5.32 Å². The number of carbonyl (C=O) groups is 1. The highest BCUT2D eigenvalue weighted by Gasteiger charge is 2.23. The Balaban J connectivity index is 1.65. The standard InChI is InChI=1S/C24H23ClN4O4S2/c1-4-20(22(30)27-17-9-11-18(12-10-17)35(32,33)28(2)3)29-14-26-23-21(24(29)31)19(13-34-23)15-5-7-16(25)8-6-15/h5-14,20H,4H2,1-3H3,(H,27,30). The molecule has 0 spiro atoms. The summed E-state index contributed by atoms with van der Waals surface area (Å²) in [5.41, 5.74) is 1.69. The minimum Gasteiger partial charge on any atom is -0.324 e. The predicted octanol–water partition coefficient (Wildman–Crippen LogP) is 4.62. The van der Waals surface area contributed by atoms with Crippen molar-refractivity contribution in [2.24, 2.45) is 0 Å². The van der Waals surface area contributed by atoms with Crippen molar-refractivity contribution in [3.8, 4) is 11.1 Å². The Morgan fingerprint density at radius 1 is 1.14 bits per heavy atom. The number of aromatic nitrogens is 2. The van der Waals surface area contributed by atoms with E-state index in [1.54, 1.807) is 19.1 Å². The Labute approximate surface area is 211 Å². The lowest BCUT2D eigenvalue weighted by molar-refractivity contribution is -0.119. The predicted molar refractivity (Wildman–Crippen MR) is 140 cm³/mol. The number of sulfonamides is 1. The number of hydrogen-bond donors (Lipinski definition) is 1. The normalized spacial score (nSPS) is 12.7. The molecule has 182 valence electrons. The van der Waals surface area contributed by atoms with Crippen LogP contribution in [0.1, 0.15) is 19.4 Å². The number of anilines is 1. The molecule has 2 aromatic carbocycles. The van der Waals surface area contributed by atoms with E-state index < -0.39 is 22.0 Å². The number of carbonyl (C=O) groups excluding carboxylic acids is 1. The Kier molecular flexibility index (Phi) is 7.09. The molecule has 0 radical (unpaired) electrons. The molecule has 4 aromatic rings. The van der Waals surface area contributed by atoms with Crippen LogP contribution in [0, 0.1) is 0 Å². The zero-order chi connectivity index (χ0) is 25.3. The first-order valence-corrected chi connectivity index (χ1v) is 13.4. The van der Waals surface area contributed by atoms with E-state index in [1.807, 2.05) is 17.5 Å². The second-order valence-corrected chi connectivity index (χ2v) is 11.5. The van der Waals surface area contributed by atoms with Gasteiger partial charge >= 0.3 is 0 Å². The van der Waals surface area contributed by atoms with Gasteiger partial charge in [-0.1, -0.05) is 30.7 Å². The number of halogens is 1. The second kappa shape index (κ2) is 9.90. The van der Waals surface area contributed by atoms with Gasteiger partial charge in [0.15, 0.2) is 0 Å². The van der Waals surface area contributed by atoms with E-state index in [0.29, 0.717) is 27.3 Å². The molecule has 2 aromatic heterocycles. The summed E-state index contributed by atoms with van der Waals surface area (Å²) in [5.74, 6) is -0.401. The molecule has 35 heavy (non-hydrogen) atoms. The molecular formula is C24H23ClN4O4S2. The summed E-state index contributed by atoms with van der Waals surface area (Å²) in [6, 6.07) is 12.3. The Hall–Kier alpha value is -3.05. The van der Waals surface area contributed by atoms with Gasteiger partial charge in [-0.25, -0.2) is 17.7 Å². The zero-order valence-corrected chi connectivity index (χ0v) is 21.6. The molecule has 1 unspecified atom stereocenters. The van der Waals surface area contributed by atoms with Gasteiger partial charge in [-0.15, -0.1) is 11.3 Å². The average Bonchev–Trinajstić information content (AvgIpc) is 3.27. The van der Waals surface area contributed by atoms with E-state index in [1.165, 1.54) is 60.6 Å². The number of rotatable bonds is 7. The molecule has 0 saturated heterocycles. The van der Waals surface area contributed by atoms with Crippen LogP contribution in [0.15, 0.2) is 69.9 Å². The molecule has 8 nitrogen and oxygen atoms in total. The third-order valence-electron chi connectivity index (χ3n) is 5.60. The fourth-order valence-corrected chi connectivity index (χ4v) is 5.60. The summed E-state index contributed by atoms with van der Waals surface area (Å²) in [6.07, 6.45) is 1.75. The van der Waals surface area contributed by atoms with Gasteiger partial charge in [0, 0.05) is 35.7 Å². The number of benzene rings is 2. The van der Waals surface area contributed by atoms with Crippen LogP contribution in [0.4, 0.5) is 5.69 Å². The molecule has 0 aliphatic heterocycles. The number of hydrogen-bond acceptors (Lipinski definition) is 6. The molecule has 0 saturated carbocycles. The Morgan fingerprint density at radius 3 is 2.40 bits per heavy atom. The highest BCUT2D eigenvalue weighted by molar-refractivity contribution is 7.89. The molecule has 0 aliphatic rings. The maximum absolute atomic E-state index is 13.5. The van der Waals surface area contributed by atoms with Crippen LogP contribution < -0.4 is 10.9 Å². The molecule has 0 bridgehead atoms. The van der Waals surface area contributed by atoms with Gasteiger partial charge in [0.2, 0.25) is 15.9 Å². The van der Waals surface area contributed by atoms with Crippen LogP contribution in [0.5, 0.6) is 0 Å². The number of amides is 1. The van der Waals surface area contributed by atoms with Crippen LogP contribution in [0.25, 0.3) is 21.3 Å². The number of nitrogens with zero attached hydrogens (tertiary/aromatic N) is 3. The van der Waals surface area contributed by atoms with Crippen LogP contribution >= 0.6 is 22.9 Å². The smallest absolute Gasteiger partial charge is 0.263 e. The Morgan fingerprint density at radius 2 is 1.80 bits per heavy atom. The highest BCUT2D eigenvalue weighted by Crippen LogP contribution is 2.31. The topological polar surface area (TPSA) is 101 Å². The quantitative estimate of drug-likeness (QED) is 0.376. The molecule has 0 fully saturated rings. The van der Waals surface area contributed by atoms with Crippen LogP contribution in [0.3, 0.4) is 0 Å². The summed E-state index contributed by atoms with van der Waals surface area (Å²) in [5, 5.41) is 5.69. The fourth-order valence-electron chi connectivity index (χ4n) is 3.66. The summed E-state index contributed by atoms with van der Waals surface area (Å²) in [4.78, 5) is 31.7. The summed E-state index contributed by atoms with van der Waals surface area (Å²) in [6.45, 7) is 1.81. The van der Waals surface area contributed by atoms with E-state index >= 15 is 0 Å². The number of nitrogens with one attached hydrogen (secondary N) is 1. The lowest BCUT2D eigenvalue weighted by atomic mass is 10.1. The van der Waals surface area contributed by atoms with Gasteiger partial charge in [-0.2, -0.15) is 0 Å².